The van der Waals surface area contributed by atoms with Crippen LogP contribution in [0.5, 0.6) is 0 Å². The van der Waals surface area contributed by atoms with Crippen molar-refractivity contribution >= 4 is 106 Å². The molecular weight excluding hydrogens is 1020 g/mol. The average molecular weight is 1100 g/mol. The van der Waals surface area contributed by atoms with E-state index in [4.69, 9.17) is 0 Å². The van der Waals surface area contributed by atoms with E-state index in [-0.39, 0.29) is 39.2 Å². The largest absolute Gasteiger partial charge is 0.311 e. The van der Waals surface area contributed by atoms with Gasteiger partial charge in [-0.1, -0.05) is 188 Å². The molecule has 0 spiro atoms. The van der Waals surface area contributed by atoms with E-state index in [2.05, 4.69) is 295 Å². The lowest BCUT2D eigenvalue weighted by molar-refractivity contribution is 0.332. The van der Waals surface area contributed by atoms with Crippen LogP contribution in [0.3, 0.4) is 0 Å². The molecule has 1 aromatic heterocycles. The van der Waals surface area contributed by atoms with Gasteiger partial charge in [0.25, 0.3) is 6.71 Å². The van der Waals surface area contributed by atoms with Crippen molar-refractivity contribution in [1.82, 2.24) is 0 Å². The van der Waals surface area contributed by atoms with E-state index >= 15 is 0 Å². The summed E-state index contributed by atoms with van der Waals surface area (Å²) in [6, 6.07) is 67.1. The normalized spacial score (nSPS) is 16.9. The van der Waals surface area contributed by atoms with Crippen LogP contribution in [-0.4, -0.2) is 6.71 Å². The first-order valence-electron chi connectivity index (χ1n) is 30.5. The minimum atomic E-state index is -0.259. The zero-order chi connectivity index (χ0) is 58.2. The fraction of sp³-hybridized carbons (Fsp3) is 0.308. The second-order valence-electron chi connectivity index (χ2n) is 29.4. The van der Waals surface area contributed by atoms with Crippen LogP contribution in [0.2, 0.25) is 0 Å². The summed E-state index contributed by atoms with van der Waals surface area (Å²) < 4.78 is 2.63. The third-order valence-electron chi connectivity index (χ3n) is 20.2. The summed E-state index contributed by atoms with van der Waals surface area (Å²) in [7, 11) is 0. The van der Waals surface area contributed by atoms with Gasteiger partial charge < -0.3 is 14.7 Å². The van der Waals surface area contributed by atoms with Crippen LogP contribution in [-0.2, 0) is 32.5 Å². The number of nitrogens with zero attached hydrogens (tertiary/aromatic N) is 3. The third-order valence-corrected chi connectivity index (χ3v) is 21.4. The van der Waals surface area contributed by atoms with Crippen molar-refractivity contribution in [1.29, 1.82) is 0 Å². The molecule has 3 heterocycles. The molecule has 416 valence electrons. The summed E-state index contributed by atoms with van der Waals surface area (Å²) in [6.45, 7) is 38.2. The third kappa shape index (κ3) is 8.10. The Labute approximate surface area is 499 Å². The molecule has 0 fully saturated rings. The molecule has 0 saturated heterocycles. The standard InChI is InChI=1S/C78H80BN3S/c1-47-40-68-71-69(41-47)82(65-26-21-23-55-54-22-17-20-27-70(54)83-72(55)65)67-46-61-60(77(13,14)56-24-18-19-25-57(56)78(61,15)16)44-63(67)79(71)62-43-53(36-37-64(62)81(68)66-45-59-58(42-48(66)2)75(9,10)38-39-76(59,11)12)80(51-32-28-49(29-33-51)73(3,4)5)52-34-30-50(31-35-52)74(6,7)8/h17-37,40-46H,38-39H2,1-16H3. The highest BCUT2D eigenvalue weighted by Gasteiger charge is 2.49. The van der Waals surface area contributed by atoms with Gasteiger partial charge in [0, 0.05) is 71.8 Å². The number of anilines is 9. The van der Waals surface area contributed by atoms with E-state index in [1.807, 2.05) is 11.3 Å². The highest BCUT2D eigenvalue weighted by Crippen LogP contribution is 2.56. The Bertz CT molecular complexity index is 4270. The molecule has 5 heteroatoms. The van der Waals surface area contributed by atoms with Gasteiger partial charge in [-0.25, -0.2) is 0 Å². The Kier molecular flexibility index (Phi) is 11.7. The highest BCUT2D eigenvalue weighted by molar-refractivity contribution is 7.26. The lowest BCUT2D eigenvalue weighted by Gasteiger charge is -2.48. The monoisotopic (exact) mass is 1100 g/mol. The van der Waals surface area contributed by atoms with Crippen LogP contribution in [0.4, 0.5) is 51.2 Å². The predicted octanol–water partition coefficient (Wildman–Crippen LogP) is 20.1. The molecule has 0 amide bonds. The maximum absolute atomic E-state index is 2.71. The molecule has 0 radical (unpaired) electrons. The fourth-order valence-electron chi connectivity index (χ4n) is 15.3. The van der Waals surface area contributed by atoms with E-state index in [0.29, 0.717) is 0 Å². The molecule has 2 aliphatic carbocycles. The zero-order valence-electron chi connectivity index (χ0n) is 51.9. The number of thiophene rings is 1. The van der Waals surface area contributed by atoms with Crippen LogP contribution < -0.4 is 31.1 Å². The molecule has 4 aliphatic rings. The number of hydrogen-bond acceptors (Lipinski definition) is 4. The van der Waals surface area contributed by atoms with Crippen LogP contribution in [0.25, 0.3) is 20.2 Å². The average Bonchev–Trinajstić information content (AvgIpc) is 2.36. The van der Waals surface area contributed by atoms with Crippen LogP contribution in [0.15, 0.2) is 170 Å². The molecular formula is C78H80BN3S. The molecule has 0 N–H and O–H groups in total. The summed E-state index contributed by atoms with van der Waals surface area (Å²) in [4.78, 5) is 7.91. The maximum Gasteiger partial charge on any atom is 0.252 e. The minimum absolute atomic E-state index is 0.0199. The number of aryl methyl sites for hydroxylation is 2. The zero-order valence-corrected chi connectivity index (χ0v) is 52.7. The van der Waals surface area contributed by atoms with Gasteiger partial charge in [-0.3, -0.25) is 0 Å². The molecule has 0 saturated carbocycles. The molecule has 0 atom stereocenters. The van der Waals surface area contributed by atoms with Gasteiger partial charge in [-0.05, 0) is 199 Å². The van der Waals surface area contributed by atoms with E-state index in [0.717, 1.165) is 23.5 Å². The van der Waals surface area contributed by atoms with Crippen molar-refractivity contribution in [3.05, 3.63) is 225 Å². The second-order valence-corrected chi connectivity index (χ2v) is 30.5. The Morgan fingerprint density at radius 2 is 0.916 bits per heavy atom. The van der Waals surface area contributed by atoms with E-state index in [9.17, 15) is 0 Å². The quantitative estimate of drug-likeness (QED) is 0.159. The Hall–Kier alpha value is -7.34. The number of rotatable bonds is 5. The van der Waals surface area contributed by atoms with E-state index < -0.39 is 0 Å². The lowest BCUT2D eigenvalue weighted by Crippen LogP contribution is -2.62. The smallest absolute Gasteiger partial charge is 0.252 e. The number of benzene rings is 9. The molecule has 83 heavy (non-hydrogen) atoms. The number of fused-ring (bicyclic) bond motifs is 10. The van der Waals surface area contributed by atoms with Crippen molar-refractivity contribution in [2.24, 2.45) is 0 Å². The molecule has 9 aromatic carbocycles. The van der Waals surface area contributed by atoms with Crippen molar-refractivity contribution < 1.29 is 0 Å². The molecule has 0 unspecified atom stereocenters. The van der Waals surface area contributed by atoms with Crippen molar-refractivity contribution in [3.63, 3.8) is 0 Å². The van der Waals surface area contributed by atoms with Gasteiger partial charge >= 0.3 is 0 Å². The SMILES string of the molecule is Cc1cc2c3c(c1)N(c1cccc4c1sc1ccccc14)c1cc4c(cc1B3c1cc(N(c3ccc(C(C)(C)C)cc3)c3ccc(C(C)(C)C)cc3)ccc1N2c1cc2c(cc1C)C(C)(C)CCC2(C)C)C(C)(C)c1ccccc1C4(C)C. The van der Waals surface area contributed by atoms with Gasteiger partial charge in [-0.2, -0.15) is 0 Å². The summed E-state index contributed by atoms with van der Waals surface area (Å²) in [6.07, 6.45) is 2.32. The van der Waals surface area contributed by atoms with E-state index in [1.54, 1.807) is 0 Å². The topological polar surface area (TPSA) is 9.72 Å². The maximum atomic E-state index is 2.71. The predicted molar refractivity (Wildman–Crippen MR) is 361 cm³/mol. The van der Waals surface area contributed by atoms with Crippen LogP contribution in [0, 0.1) is 13.8 Å². The van der Waals surface area contributed by atoms with Crippen molar-refractivity contribution in [3.8, 4) is 0 Å². The van der Waals surface area contributed by atoms with Crippen molar-refractivity contribution in [2.75, 3.05) is 14.7 Å². The fourth-order valence-corrected chi connectivity index (χ4v) is 16.5. The van der Waals surface area contributed by atoms with Gasteiger partial charge in [0.05, 0.1) is 10.4 Å². The minimum Gasteiger partial charge on any atom is -0.311 e. The van der Waals surface area contributed by atoms with Crippen LogP contribution >= 0.6 is 11.3 Å². The highest BCUT2D eigenvalue weighted by atomic mass is 32.1. The van der Waals surface area contributed by atoms with Crippen molar-refractivity contribution in [2.45, 2.75) is 156 Å². The summed E-state index contributed by atoms with van der Waals surface area (Å²) in [5.41, 5.74) is 28.4. The first-order chi connectivity index (χ1) is 39.2. The molecule has 2 aliphatic heterocycles. The Balaban J connectivity index is 1.11. The number of hydrogen-bond donors (Lipinski definition) is 0. The summed E-state index contributed by atoms with van der Waals surface area (Å²) in [5, 5.41) is 2.62. The molecule has 0 bridgehead atoms. The van der Waals surface area contributed by atoms with Crippen LogP contribution in [0.1, 0.15) is 165 Å². The first-order valence-corrected chi connectivity index (χ1v) is 31.3. The van der Waals surface area contributed by atoms with Gasteiger partial charge in [0.1, 0.15) is 0 Å². The van der Waals surface area contributed by atoms with Gasteiger partial charge in [0.15, 0.2) is 0 Å². The summed E-state index contributed by atoms with van der Waals surface area (Å²) in [5.74, 6) is 0. The van der Waals surface area contributed by atoms with Gasteiger partial charge in [-0.15, -0.1) is 11.3 Å². The van der Waals surface area contributed by atoms with E-state index in [1.165, 1.54) is 133 Å². The Morgan fingerprint density at radius 3 is 1.51 bits per heavy atom. The molecule has 14 rings (SSSR count). The molecule has 3 nitrogen and oxygen atoms in total. The first kappa shape index (κ1) is 53.7. The second kappa shape index (κ2) is 18.1. The Morgan fingerprint density at radius 1 is 0.422 bits per heavy atom. The summed E-state index contributed by atoms with van der Waals surface area (Å²) >= 11 is 1.93. The lowest BCUT2D eigenvalue weighted by atomic mass is 9.33. The van der Waals surface area contributed by atoms with Gasteiger partial charge in [0.2, 0.25) is 0 Å². The molecule has 10 aromatic rings.